The van der Waals surface area contributed by atoms with Gasteiger partial charge in [0.15, 0.2) is 0 Å². The molecular weight excluding hydrogens is 405 g/mol. The Morgan fingerprint density at radius 1 is 0.515 bits per heavy atom. The second kappa shape index (κ2) is 7.11. The number of rotatable bonds is 2. The molecule has 2 aliphatic heterocycles. The van der Waals surface area contributed by atoms with Crippen LogP contribution < -0.4 is 25.9 Å². The van der Waals surface area contributed by atoms with Crippen LogP contribution in [0.1, 0.15) is 0 Å². The largest absolute Gasteiger partial charge is 0.458 e. The van der Waals surface area contributed by atoms with Crippen LogP contribution in [-0.4, -0.2) is 11.7 Å². The molecule has 0 saturated heterocycles. The SMILES string of the molecule is c1cncc(-c2ccc(-c3ccc4c(c3)B3c5ccccc5Oc5cccc(c53)O4)cc2)c1. The molecule has 0 saturated carbocycles. The van der Waals surface area contributed by atoms with Gasteiger partial charge in [0, 0.05) is 17.9 Å². The van der Waals surface area contributed by atoms with Gasteiger partial charge in [0.2, 0.25) is 0 Å². The molecule has 7 rings (SSSR count). The number of pyridine rings is 1. The van der Waals surface area contributed by atoms with Crippen molar-refractivity contribution in [2.75, 3.05) is 0 Å². The summed E-state index contributed by atoms with van der Waals surface area (Å²) in [6, 6.07) is 33.5. The van der Waals surface area contributed by atoms with Gasteiger partial charge >= 0.3 is 0 Å². The fraction of sp³-hybridized carbons (Fsp3) is 0. The molecule has 2 aliphatic rings. The van der Waals surface area contributed by atoms with Crippen LogP contribution in [0.15, 0.2) is 109 Å². The highest BCUT2D eigenvalue weighted by Crippen LogP contribution is 2.35. The fourth-order valence-corrected chi connectivity index (χ4v) is 4.95. The van der Waals surface area contributed by atoms with E-state index in [0.29, 0.717) is 0 Å². The minimum atomic E-state index is 0.0829. The van der Waals surface area contributed by atoms with Gasteiger partial charge in [-0.15, -0.1) is 0 Å². The summed E-state index contributed by atoms with van der Waals surface area (Å²) >= 11 is 0. The number of nitrogens with zero attached hydrogens (tertiary/aromatic N) is 1. The zero-order valence-corrected chi connectivity index (χ0v) is 17.7. The molecular formula is C29H18BNO2. The highest BCUT2D eigenvalue weighted by molar-refractivity contribution is 6.98. The van der Waals surface area contributed by atoms with Crippen molar-refractivity contribution in [2.24, 2.45) is 0 Å². The second-order valence-corrected chi connectivity index (χ2v) is 8.41. The number of hydrogen-bond donors (Lipinski definition) is 0. The Labute approximate surface area is 192 Å². The van der Waals surface area contributed by atoms with Crippen LogP contribution in [0.25, 0.3) is 22.3 Å². The topological polar surface area (TPSA) is 31.4 Å². The molecule has 0 amide bonds. The van der Waals surface area contributed by atoms with Crippen LogP contribution in [0, 0.1) is 0 Å². The van der Waals surface area contributed by atoms with Gasteiger partial charge < -0.3 is 9.47 Å². The molecule has 4 heteroatoms. The number of aromatic nitrogens is 1. The van der Waals surface area contributed by atoms with E-state index in [2.05, 4.69) is 65.6 Å². The van der Waals surface area contributed by atoms with Crippen LogP contribution in [0.2, 0.25) is 0 Å². The van der Waals surface area contributed by atoms with E-state index in [1.54, 1.807) is 6.20 Å². The molecule has 0 atom stereocenters. The van der Waals surface area contributed by atoms with E-state index in [1.165, 1.54) is 22.1 Å². The lowest BCUT2D eigenvalue weighted by molar-refractivity contribution is 0.464. The summed E-state index contributed by atoms with van der Waals surface area (Å²) in [4.78, 5) is 4.23. The van der Waals surface area contributed by atoms with Crippen molar-refractivity contribution in [1.29, 1.82) is 0 Å². The van der Waals surface area contributed by atoms with Gasteiger partial charge in [-0.05, 0) is 63.5 Å². The van der Waals surface area contributed by atoms with Crippen molar-refractivity contribution in [3.63, 3.8) is 0 Å². The maximum absolute atomic E-state index is 6.32. The van der Waals surface area contributed by atoms with E-state index in [1.807, 2.05) is 42.6 Å². The number of hydrogen-bond acceptors (Lipinski definition) is 3. The monoisotopic (exact) mass is 423 g/mol. The average molecular weight is 423 g/mol. The predicted molar refractivity (Wildman–Crippen MR) is 133 cm³/mol. The lowest BCUT2D eigenvalue weighted by Crippen LogP contribution is -2.57. The maximum atomic E-state index is 6.32. The van der Waals surface area contributed by atoms with Gasteiger partial charge in [-0.1, -0.05) is 66.7 Å². The van der Waals surface area contributed by atoms with Crippen molar-refractivity contribution < 1.29 is 9.47 Å². The van der Waals surface area contributed by atoms with Crippen molar-refractivity contribution >= 4 is 23.1 Å². The quantitative estimate of drug-likeness (QED) is 0.361. The zero-order chi connectivity index (χ0) is 21.8. The molecule has 0 unspecified atom stereocenters. The number of fused-ring (bicyclic) bond motifs is 4. The van der Waals surface area contributed by atoms with Crippen LogP contribution >= 0.6 is 0 Å². The van der Waals surface area contributed by atoms with E-state index in [0.717, 1.165) is 39.6 Å². The highest BCUT2D eigenvalue weighted by atomic mass is 16.5. The smallest absolute Gasteiger partial charge is 0.260 e. The molecule has 5 aromatic rings. The van der Waals surface area contributed by atoms with Crippen molar-refractivity contribution in [1.82, 2.24) is 4.98 Å². The summed E-state index contributed by atoms with van der Waals surface area (Å²) < 4.78 is 12.5. The van der Waals surface area contributed by atoms with E-state index in [4.69, 9.17) is 9.47 Å². The van der Waals surface area contributed by atoms with Gasteiger partial charge in [-0.2, -0.15) is 0 Å². The van der Waals surface area contributed by atoms with Gasteiger partial charge in [-0.25, -0.2) is 0 Å². The summed E-state index contributed by atoms with van der Waals surface area (Å²) in [6.45, 7) is 0.0829. The molecule has 0 radical (unpaired) electrons. The van der Waals surface area contributed by atoms with E-state index >= 15 is 0 Å². The summed E-state index contributed by atoms with van der Waals surface area (Å²) in [5.74, 6) is 3.55. The first kappa shape index (κ1) is 18.3. The van der Waals surface area contributed by atoms with Gasteiger partial charge in [0.1, 0.15) is 23.0 Å². The third-order valence-electron chi connectivity index (χ3n) is 6.52. The summed E-state index contributed by atoms with van der Waals surface area (Å²) in [5, 5.41) is 0. The molecule has 0 fully saturated rings. The molecule has 3 nitrogen and oxygen atoms in total. The Hall–Kier alpha value is -4.31. The Morgan fingerprint density at radius 3 is 1.94 bits per heavy atom. The molecule has 0 N–H and O–H groups in total. The van der Waals surface area contributed by atoms with Gasteiger partial charge in [0.25, 0.3) is 6.71 Å². The third kappa shape index (κ3) is 2.88. The maximum Gasteiger partial charge on any atom is 0.260 e. The molecule has 0 bridgehead atoms. The lowest BCUT2D eigenvalue weighted by Gasteiger charge is -2.33. The molecule has 1 aromatic heterocycles. The minimum Gasteiger partial charge on any atom is -0.458 e. The molecule has 33 heavy (non-hydrogen) atoms. The standard InChI is InChI=1S/C29H18BNO2/c1-2-7-25-23(6-1)30-24-17-21(19-10-12-20(13-11-19)22-5-4-16-31-18-22)14-15-26(24)33-28-9-3-8-27(32-25)29(28)30/h1-18H. The summed E-state index contributed by atoms with van der Waals surface area (Å²) in [7, 11) is 0. The average Bonchev–Trinajstić information content (AvgIpc) is 2.89. The number of benzene rings is 4. The molecule has 0 spiro atoms. The van der Waals surface area contributed by atoms with Gasteiger partial charge in [-0.3, -0.25) is 4.98 Å². The Bertz CT molecular complexity index is 1500. The normalized spacial score (nSPS) is 12.7. The number of para-hydroxylation sites is 1. The Balaban J connectivity index is 1.35. The summed E-state index contributed by atoms with van der Waals surface area (Å²) in [5.41, 5.74) is 8.05. The van der Waals surface area contributed by atoms with Gasteiger partial charge in [0.05, 0.1) is 0 Å². The van der Waals surface area contributed by atoms with E-state index in [-0.39, 0.29) is 6.71 Å². The first-order valence-corrected chi connectivity index (χ1v) is 11.1. The highest BCUT2D eigenvalue weighted by Gasteiger charge is 2.39. The molecule has 4 aromatic carbocycles. The summed E-state index contributed by atoms with van der Waals surface area (Å²) in [6.07, 6.45) is 3.69. The Kier molecular flexibility index (Phi) is 3.94. The van der Waals surface area contributed by atoms with Crippen LogP contribution in [0.5, 0.6) is 23.0 Å². The molecule has 3 heterocycles. The fourth-order valence-electron chi connectivity index (χ4n) is 4.95. The lowest BCUT2D eigenvalue weighted by atomic mass is 9.35. The number of ether oxygens (including phenoxy) is 2. The first-order valence-electron chi connectivity index (χ1n) is 11.1. The van der Waals surface area contributed by atoms with Crippen LogP contribution in [0.3, 0.4) is 0 Å². The Morgan fingerprint density at radius 2 is 1.18 bits per heavy atom. The predicted octanol–water partition coefficient (Wildman–Crippen LogP) is 5.14. The molecule has 154 valence electrons. The van der Waals surface area contributed by atoms with Crippen molar-refractivity contribution in [3.05, 3.63) is 109 Å². The van der Waals surface area contributed by atoms with Crippen molar-refractivity contribution in [2.45, 2.75) is 0 Å². The first-order chi connectivity index (χ1) is 16.3. The van der Waals surface area contributed by atoms with E-state index < -0.39 is 0 Å². The molecule has 0 aliphatic carbocycles. The third-order valence-corrected chi connectivity index (χ3v) is 6.52. The van der Waals surface area contributed by atoms with Crippen LogP contribution in [-0.2, 0) is 0 Å². The van der Waals surface area contributed by atoms with Crippen molar-refractivity contribution in [3.8, 4) is 45.3 Å². The zero-order valence-electron chi connectivity index (χ0n) is 17.7. The van der Waals surface area contributed by atoms with Crippen LogP contribution in [0.4, 0.5) is 0 Å². The minimum absolute atomic E-state index is 0.0829. The van der Waals surface area contributed by atoms with E-state index in [9.17, 15) is 0 Å². The second-order valence-electron chi connectivity index (χ2n) is 8.41.